The molecule has 5 nitrogen and oxygen atoms in total. The van der Waals surface area contributed by atoms with Gasteiger partial charge in [-0.2, -0.15) is 0 Å². The third-order valence-corrected chi connectivity index (χ3v) is 3.00. The monoisotopic (exact) mass is 313 g/mol. The highest BCUT2D eigenvalue weighted by Crippen LogP contribution is 2.02. The van der Waals surface area contributed by atoms with Crippen LogP contribution in [-0.4, -0.2) is 43.4 Å². The van der Waals surface area contributed by atoms with Gasteiger partial charge in [-0.05, 0) is 18.4 Å². The minimum absolute atomic E-state index is 0. The van der Waals surface area contributed by atoms with E-state index in [-0.39, 0.29) is 24.2 Å². The second kappa shape index (κ2) is 10.2. The summed E-state index contributed by atoms with van der Waals surface area (Å²) in [6.45, 7) is 0.473. The number of benzene rings is 1. The quantitative estimate of drug-likeness (QED) is 0.736. The number of nitrogens with zero attached hydrogens (tertiary/aromatic N) is 1. The van der Waals surface area contributed by atoms with E-state index >= 15 is 0 Å². The summed E-state index contributed by atoms with van der Waals surface area (Å²) in [7, 11) is 3.44. The van der Waals surface area contributed by atoms with Gasteiger partial charge in [-0.1, -0.05) is 30.3 Å². The Labute approximate surface area is 132 Å². The molecule has 0 bridgehead atoms. The number of carbonyl (C=O) groups is 2. The molecular weight excluding hydrogens is 290 g/mol. The molecule has 0 unspecified atom stereocenters. The summed E-state index contributed by atoms with van der Waals surface area (Å²) in [6.07, 6.45) is 1.57. The molecule has 0 saturated heterocycles. The van der Waals surface area contributed by atoms with Crippen LogP contribution in [0.25, 0.3) is 0 Å². The van der Waals surface area contributed by atoms with Gasteiger partial charge in [0.1, 0.15) is 0 Å². The molecule has 0 spiro atoms. The molecule has 0 aliphatic rings. The van der Waals surface area contributed by atoms with Gasteiger partial charge in [0, 0.05) is 27.1 Å². The average molecular weight is 314 g/mol. The van der Waals surface area contributed by atoms with Gasteiger partial charge < -0.3 is 16.0 Å². The van der Waals surface area contributed by atoms with Crippen molar-refractivity contribution in [1.29, 1.82) is 0 Å². The molecule has 0 radical (unpaired) electrons. The Morgan fingerprint density at radius 2 is 1.86 bits per heavy atom. The van der Waals surface area contributed by atoms with Crippen LogP contribution in [0.4, 0.5) is 0 Å². The second-order valence-corrected chi connectivity index (χ2v) is 4.98. The first kappa shape index (κ1) is 19.4. The van der Waals surface area contributed by atoms with Gasteiger partial charge in [0.25, 0.3) is 0 Å². The maximum Gasteiger partial charge on any atom is 0.237 e. The van der Waals surface area contributed by atoms with Gasteiger partial charge in [-0.15, -0.1) is 12.4 Å². The van der Waals surface area contributed by atoms with E-state index in [0.717, 1.165) is 5.56 Å². The Balaban J connectivity index is 0.00000400. The molecule has 0 aliphatic carbocycles. The molecule has 3 N–H and O–H groups in total. The minimum Gasteiger partial charge on any atom is -0.355 e. The highest BCUT2D eigenvalue weighted by Gasteiger charge is 2.13. The topological polar surface area (TPSA) is 75.4 Å². The standard InChI is InChI=1S/C15H23N3O2.ClH/c1-18(2)14(19)9-6-10-17-15(20)13(16)11-12-7-4-3-5-8-12;/h3-5,7-8,13H,6,9-11,16H2,1-2H3,(H,17,20);1H/t13-;/m0./s1. The zero-order valence-electron chi connectivity index (χ0n) is 12.5. The lowest BCUT2D eigenvalue weighted by atomic mass is 10.1. The predicted molar refractivity (Wildman–Crippen MR) is 86.3 cm³/mol. The zero-order valence-corrected chi connectivity index (χ0v) is 13.4. The first-order valence-corrected chi connectivity index (χ1v) is 6.78. The molecule has 1 aromatic carbocycles. The van der Waals surface area contributed by atoms with Crippen LogP contribution in [0.15, 0.2) is 30.3 Å². The van der Waals surface area contributed by atoms with Crippen LogP contribution < -0.4 is 11.1 Å². The van der Waals surface area contributed by atoms with Crippen molar-refractivity contribution in [2.45, 2.75) is 25.3 Å². The number of hydrogen-bond donors (Lipinski definition) is 2. The summed E-state index contributed by atoms with van der Waals surface area (Å²) in [6, 6.07) is 9.12. The summed E-state index contributed by atoms with van der Waals surface area (Å²) >= 11 is 0. The molecule has 1 rings (SSSR count). The third kappa shape index (κ3) is 7.68. The SMILES string of the molecule is CN(C)C(=O)CCCNC(=O)[C@@H](N)Cc1ccccc1.Cl. The van der Waals surface area contributed by atoms with E-state index in [1.807, 2.05) is 30.3 Å². The van der Waals surface area contributed by atoms with Crippen LogP contribution in [0.2, 0.25) is 0 Å². The van der Waals surface area contributed by atoms with Crippen LogP contribution in [0.5, 0.6) is 0 Å². The number of hydrogen-bond acceptors (Lipinski definition) is 3. The average Bonchev–Trinajstić information content (AvgIpc) is 2.43. The van der Waals surface area contributed by atoms with Gasteiger partial charge >= 0.3 is 0 Å². The Morgan fingerprint density at radius 1 is 1.24 bits per heavy atom. The van der Waals surface area contributed by atoms with E-state index in [9.17, 15) is 9.59 Å². The lowest BCUT2D eigenvalue weighted by Crippen LogP contribution is -2.42. The number of carbonyl (C=O) groups excluding carboxylic acids is 2. The number of halogens is 1. The van der Waals surface area contributed by atoms with Crippen LogP contribution >= 0.6 is 12.4 Å². The summed E-state index contributed by atoms with van der Waals surface area (Å²) in [5.41, 5.74) is 6.89. The van der Waals surface area contributed by atoms with Crippen molar-refractivity contribution < 1.29 is 9.59 Å². The molecule has 21 heavy (non-hydrogen) atoms. The molecule has 0 aliphatic heterocycles. The van der Waals surface area contributed by atoms with Crippen LogP contribution in [0.3, 0.4) is 0 Å². The second-order valence-electron chi connectivity index (χ2n) is 4.98. The van der Waals surface area contributed by atoms with E-state index in [0.29, 0.717) is 25.8 Å². The molecule has 118 valence electrons. The van der Waals surface area contributed by atoms with Crippen molar-refractivity contribution >= 4 is 24.2 Å². The zero-order chi connectivity index (χ0) is 15.0. The van der Waals surface area contributed by atoms with Crippen LogP contribution in [-0.2, 0) is 16.0 Å². The maximum atomic E-state index is 11.8. The van der Waals surface area contributed by atoms with Crippen LogP contribution in [0, 0.1) is 0 Å². The summed E-state index contributed by atoms with van der Waals surface area (Å²) in [4.78, 5) is 24.7. The minimum atomic E-state index is -0.554. The fourth-order valence-electron chi connectivity index (χ4n) is 1.77. The van der Waals surface area contributed by atoms with Gasteiger partial charge in [0.05, 0.1) is 6.04 Å². The summed E-state index contributed by atoms with van der Waals surface area (Å²) < 4.78 is 0. The first-order chi connectivity index (χ1) is 9.50. The molecule has 2 amide bonds. The van der Waals surface area contributed by atoms with Gasteiger partial charge in [0.2, 0.25) is 11.8 Å². The fraction of sp³-hybridized carbons (Fsp3) is 0.467. The molecule has 0 heterocycles. The number of rotatable bonds is 7. The van der Waals surface area contributed by atoms with Crippen molar-refractivity contribution in [3.05, 3.63) is 35.9 Å². The van der Waals surface area contributed by atoms with Crippen LogP contribution in [0.1, 0.15) is 18.4 Å². The van der Waals surface area contributed by atoms with Gasteiger partial charge in [0.15, 0.2) is 0 Å². The molecule has 1 atom stereocenters. The number of nitrogens with one attached hydrogen (secondary N) is 1. The normalized spacial score (nSPS) is 11.2. The highest BCUT2D eigenvalue weighted by atomic mass is 35.5. The Morgan fingerprint density at radius 3 is 2.43 bits per heavy atom. The lowest BCUT2D eigenvalue weighted by molar-refractivity contribution is -0.129. The van der Waals surface area contributed by atoms with E-state index in [1.165, 1.54) is 0 Å². The Hall–Kier alpha value is -1.59. The molecular formula is C15H24ClN3O2. The van der Waals surface area contributed by atoms with E-state index in [1.54, 1.807) is 19.0 Å². The molecule has 1 aromatic rings. The van der Waals surface area contributed by atoms with E-state index in [2.05, 4.69) is 5.32 Å². The summed E-state index contributed by atoms with van der Waals surface area (Å²) in [5, 5.41) is 2.76. The Bertz CT molecular complexity index is 438. The third-order valence-electron chi connectivity index (χ3n) is 3.00. The largest absolute Gasteiger partial charge is 0.355 e. The lowest BCUT2D eigenvalue weighted by Gasteiger charge is -2.13. The molecule has 0 fully saturated rings. The van der Waals surface area contributed by atoms with E-state index in [4.69, 9.17) is 5.73 Å². The fourth-order valence-corrected chi connectivity index (χ4v) is 1.77. The highest BCUT2D eigenvalue weighted by molar-refractivity contribution is 5.85. The number of amides is 2. The smallest absolute Gasteiger partial charge is 0.237 e. The maximum absolute atomic E-state index is 11.8. The van der Waals surface area contributed by atoms with E-state index < -0.39 is 6.04 Å². The van der Waals surface area contributed by atoms with Crippen molar-refractivity contribution in [2.75, 3.05) is 20.6 Å². The van der Waals surface area contributed by atoms with Crippen molar-refractivity contribution in [2.24, 2.45) is 5.73 Å². The predicted octanol–water partition coefficient (Wildman–Crippen LogP) is 0.963. The van der Waals surface area contributed by atoms with Crippen molar-refractivity contribution in [1.82, 2.24) is 10.2 Å². The molecule has 0 saturated carbocycles. The summed E-state index contributed by atoms with van der Waals surface area (Å²) in [5.74, 6) is -0.112. The molecule has 6 heteroatoms. The first-order valence-electron chi connectivity index (χ1n) is 6.78. The molecule has 0 aromatic heterocycles. The Kier molecular flexibility index (Phi) is 9.41. The van der Waals surface area contributed by atoms with Crippen molar-refractivity contribution in [3.63, 3.8) is 0 Å². The number of nitrogens with two attached hydrogens (primary N) is 1. The van der Waals surface area contributed by atoms with Gasteiger partial charge in [-0.3, -0.25) is 9.59 Å². The van der Waals surface area contributed by atoms with Crippen molar-refractivity contribution in [3.8, 4) is 0 Å². The van der Waals surface area contributed by atoms with Gasteiger partial charge in [-0.25, -0.2) is 0 Å².